The zero-order valence-electron chi connectivity index (χ0n) is 16.1. The van der Waals surface area contributed by atoms with Crippen LogP contribution in [0.5, 0.6) is 0 Å². The number of hydrogen-bond acceptors (Lipinski definition) is 4. The van der Waals surface area contributed by atoms with E-state index in [2.05, 4.69) is 10.3 Å². The lowest BCUT2D eigenvalue weighted by molar-refractivity contribution is -0.149. The van der Waals surface area contributed by atoms with Gasteiger partial charge in [-0.1, -0.05) is 23.7 Å². The van der Waals surface area contributed by atoms with E-state index < -0.39 is 18.6 Å². The van der Waals surface area contributed by atoms with E-state index in [0.717, 1.165) is 4.57 Å². The molecule has 0 fully saturated rings. The molecule has 1 amide bonds. The number of carbonyl (C=O) groups excluding carboxylic acids is 2. The van der Waals surface area contributed by atoms with Crippen LogP contribution in [0, 0.1) is 0 Å². The fraction of sp³-hybridized carbons (Fsp3) is 0.286. The summed E-state index contributed by atoms with van der Waals surface area (Å²) in [5.74, 6) is -0.856. The van der Waals surface area contributed by atoms with Crippen LogP contribution in [0.3, 0.4) is 0 Å². The van der Waals surface area contributed by atoms with E-state index in [1.807, 2.05) is 0 Å². The van der Waals surface area contributed by atoms with Gasteiger partial charge in [0.05, 0.1) is 11.0 Å². The Morgan fingerprint density at radius 2 is 1.87 bits per heavy atom. The molecule has 0 saturated carbocycles. The van der Waals surface area contributed by atoms with Gasteiger partial charge in [-0.25, -0.2) is 4.98 Å². The van der Waals surface area contributed by atoms with Gasteiger partial charge in [-0.3, -0.25) is 14.2 Å². The molecular formula is C21H20ClF2N3O3. The van der Waals surface area contributed by atoms with Crippen LogP contribution in [-0.4, -0.2) is 28.0 Å². The first-order valence-electron chi connectivity index (χ1n) is 9.35. The topological polar surface area (TPSA) is 73.2 Å². The number of nitrogens with one attached hydrogen (secondary N) is 1. The summed E-state index contributed by atoms with van der Waals surface area (Å²) in [7, 11) is 0. The highest BCUT2D eigenvalue weighted by atomic mass is 35.5. The largest absolute Gasteiger partial charge is 0.454 e. The van der Waals surface area contributed by atoms with Crippen molar-refractivity contribution in [3.63, 3.8) is 0 Å². The lowest BCUT2D eigenvalue weighted by atomic mass is 10.2. The van der Waals surface area contributed by atoms with E-state index in [0.29, 0.717) is 22.5 Å². The van der Waals surface area contributed by atoms with E-state index in [4.69, 9.17) is 16.3 Å². The van der Waals surface area contributed by atoms with Crippen molar-refractivity contribution in [2.45, 2.75) is 32.4 Å². The number of alkyl halides is 2. The summed E-state index contributed by atoms with van der Waals surface area (Å²) in [6.45, 7) is -1.04. The van der Waals surface area contributed by atoms with E-state index in [9.17, 15) is 18.4 Å². The standard InChI is InChI=1S/C21H20ClF2N3O3/c1-13(19-26-16-5-2-3-6-17(16)27(19)21(23)24)30-18(28)7-4-12-25-20(29)14-8-10-15(22)11-9-14/h2-3,5-6,8-11,13,21H,4,7,12H2,1H3,(H,25,29). The van der Waals surface area contributed by atoms with E-state index in [1.165, 1.54) is 13.0 Å². The van der Waals surface area contributed by atoms with Crippen LogP contribution in [0.15, 0.2) is 48.5 Å². The average molecular weight is 436 g/mol. The molecule has 158 valence electrons. The monoisotopic (exact) mass is 435 g/mol. The molecule has 9 heteroatoms. The van der Waals surface area contributed by atoms with Gasteiger partial charge >= 0.3 is 12.5 Å². The summed E-state index contributed by atoms with van der Waals surface area (Å²) in [4.78, 5) is 28.3. The van der Waals surface area contributed by atoms with Gasteiger partial charge in [0.2, 0.25) is 0 Å². The van der Waals surface area contributed by atoms with E-state index in [-0.39, 0.29) is 30.2 Å². The molecule has 0 saturated heterocycles. The Hall–Kier alpha value is -3.00. The van der Waals surface area contributed by atoms with Gasteiger partial charge in [0.1, 0.15) is 0 Å². The van der Waals surface area contributed by atoms with Crippen molar-refractivity contribution in [1.82, 2.24) is 14.9 Å². The first kappa shape index (κ1) is 21.7. The molecule has 3 rings (SSSR count). The predicted molar refractivity (Wildman–Crippen MR) is 109 cm³/mol. The first-order valence-corrected chi connectivity index (χ1v) is 9.73. The van der Waals surface area contributed by atoms with Gasteiger partial charge in [-0.05, 0) is 49.7 Å². The first-order chi connectivity index (χ1) is 14.4. The van der Waals surface area contributed by atoms with Crippen LogP contribution in [-0.2, 0) is 9.53 Å². The zero-order chi connectivity index (χ0) is 21.7. The fourth-order valence-corrected chi connectivity index (χ4v) is 3.13. The minimum absolute atomic E-state index is 0.0180. The maximum absolute atomic E-state index is 13.5. The molecule has 0 aliphatic heterocycles. The fourth-order valence-electron chi connectivity index (χ4n) is 3.00. The van der Waals surface area contributed by atoms with E-state index in [1.54, 1.807) is 42.5 Å². The van der Waals surface area contributed by atoms with E-state index >= 15 is 0 Å². The number of hydrogen-bond donors (Lipinski definition) is 1. The second-order valence-electron chi connectivity index (χ2n) is 6.60. The van der Waals surface area contributed by atoms with Gasteiger partial charge in [-0.15, -0.1) is 0 Å². The second-order valence-corrected chi connectivity index (χ2v) is 7.04. The van der Waals surface area contributed by atoms with Gasteiger partial charge in [0.15, 0.2) is 11.9 Å². The lowest BCUT2D eigenvalue weighted by Crippen LogP contribution is -2.25. The molecule has 1 aromatic heterocycles. The number of fused-ring (bicyclic) bond motifs is 1. The Kier molecular flexibility index (Phi) is 6.99. The summed E-state index contributed by atoms with van der Waals surface area (Å²) in [6, 6.07) is 12.9. The molecule has 1 atom stereocenters. The number of para-hydroxylation sites is 2. The maximum atomic E-state index is 13.5. The Morgan fingerprint density at radius 3 is 2.57 bits per heavy atom. The molecule has 0 aliphatic carbocycles. The van der Waals surface area contributed by atoms with Gasteiger partial charge in [-0.2, -0.15) is 8.78 Å². The Morgan fingerprint density at radius 1 is 1.17 bits per heavy atom. The second kappa shape index (κ2) is 9.67. The Balaban J connectivity index is 1.51. The van der Waals surface area contributed by atoms with Crippen molar-refractivity contribution in [3.05, 3.63) is 64.9 Å². The molecule has 0 radical (unpaired) electrons. The molecular weight excluding hydrogens is 416 g/mol. The predicted octanol–water partition coefficient (Wildman–Crippen LogP) is 4.90. The zero-order valence-corrected chi connectivity index (χ0v) is 16.9. The number of ether oxygens (including phenoxy) is 1. The molecule has 1 unspecified atom stereocenters. The highest BCUT2D eigenvalue weighted by molar-refractivity contribution is 6.30. The van der Waals surface area contributed by atoms with Gasteiger partial charge in [0.25, 0.3) is 5.91 Å². The summed E-state index contributed by atoms with van der Waals surface area (Å²) < 4.78 is 33.1. The molecule has 30 heavy (non-hydrogen) atoms. The minimum atomic E-state index is -2.81. The quantitative estimate of drug-likeness (QED) is 0.403. The van der Waals surface area contributed by atoms with Crippen molar-refractivity contribution < 1.29 is 23.1 Å². The minimum Gasteiger partial charge on any atom is -0.454 e. The van der Waals surface area contributed by atoms with Crippen LogP contribution >= 0.6 is 11.6 Å². The summed E-state index contributed by atoms with van der Waals surface area (Å²) in [5, 5.41) is 3.23. The molecule has 0 aliphatic rings. The maximum Gasteiger partial charge on any atom is 0.320 e. The van der Waals surface area contributed by atoms with Crippen LogP contribution in [0.2, 0.25) is 5.02 Å². The number of esters is 1. The van der Waals surface area contributed by atoms with Crippen LogP contribution in [0.4, 0.5) is 8.78 Å². The molecule has 0 spiro atoms. The van der Waals surface area contributed by atoms with Crippen molar-refractivity contribution in [2.75, 3.05) is 6.54 Å². The number of amides is 1. The number of nitrogens with zero attached hydrogens (tertiary/aromatic N) is 2. The van der Waals surface area contributed by atoms with Crippen molar-refractivity contribution in [2.24, 2.45) is 0 Å². The average Bonchev–Trinajstić information content (AvgIpc) is 3.11. The SMILES string of the molecule is CC(OC(=O)CCCNC(=O)c1ccc(Cl)cc1)c1nc2ccccc2n1C(F)F. The van der Waals surface area contributed by atoms with Crippen molar-refractivity contribution >= 4 is 34.5 Å². The highest BCUT2D eigenvalue weighted by Gasteiger charge is 2.24. The van der Waals surface area contributed by atoms with Crippen molar-refractivity contribution in [1.29, 1.82) is 0 Å². The Bertz CT molecular complexity index is 1040. The lowest BCUT2D eigenvalue weighted by Gasteiger charge is -2.15. The molecule has 1 heterocycles. The summed E-state index contributed by atoms with van der Waals surface area (Å²) in [5.41, 5.74) is 1.14. The summed E-state index contributed by atoms with van der Waals surface area (Å²) >= 11 is 5.78. The molecule has 2 aromatic carbocycles. The molecule has 0 bridgehead atoms. The number of aromatic nitrogens is 2. The third-order valence-electron chi connectivity index (χ3n) is 4.44. The normalized spacial score (nSPS) is 12.2. The Labute approximate surface area is 176 Å². The number of benzene rings is 2. The molecule has 6 nitrogen and oxygen atoms in total. The smallest absolute Gasteiger partial charge is 0.320 e. The highest BCUT2D eigenvalue weighted by Crippen LogP contribution is 2.28. The summed E-state index contributed by atoms with van der Waals surface area (Å²) in [6.07, 6.45) is -0.571. The number of imidazole rings is 1. The van der Waals surface area contributed by atoms with Crippen LogP contribution < -0.4 is 5.32 Å². The van der Waals surface area contributed by atoms with Gasteiger partial charge < -0.3 is 10.1 Å². The number of halogens is 3. The third kappa shape index (κ3) is 5.13. The van der Waals surface area contributed by atoms with Crippen molar-refractivity contribution in [3.8, 4) is 0 Å². The third-order valence-corrected chi connectivity index (χ3v) is 4.69. The van der Waals surface area contributed by atoms with Crippen LogP contribution in [0.1, 0.15) is 48.6 Å². The number of carbonyl (C=O) groups is 2. The molecule has 3 aromatic rings. The van der Waals surface area contributed by atoms with Gasteiger partial charge in [0, 0.05) is 23.6 Å². The van der Waals surface area contributed by atoms with Crippen LogP contribution in [0.25, 0.3) is 11.0 Å². The number of rotatable bonds is 8. The molecule has 1 N–H and O–H groups in total.